The van der Waals surface area contributed by atoms with Gasteiger partial charge in [0, 0.05) is 17.5 Å². The number of hydrogen-bond acceptors (Lipinski definition) is 3. The van der Waals surface area contributed by atoms with Crippen molar-refractivity contribution in [3.05, 3.63) is 50.8 Å². The van der Waals surface area contributed by atoms with Crippen molar-refractivity contribution >= 4 is 39.1 Å². The molecule has 0 unspecified atom stereocenters. The summed E-state index contributed by atoms with van der Waals surface area (Å²) in [4.78, 5) is 16.2. The van der Waals surface area contributed by atoms with Crippen LogP contribution < -0.4 is 0 Å². The zero-order valence-electron chi connectivity index (χ0n) is 10.9. The Morgan fingerprint density at radius 1 is 1.05 bits per heavy atom. The molecule has 0 aliphatic rings. The van der Waals surface area contributed by atoms with E-state index in [1.165, 1.54) is 0 Å². The van der Waals surface area contributed by atoms with Crippen molar-refractivity contribution in [3.8, 4) is 22.9 Å². The van der Waals surface area contributed by atoms with Gasteiger partial charge in [0.05, 0.1) is 15.7 Å². The maximum absolute atomic E-state index is 6.06. The van der Waals surface area contributed by atoms with Gasteiger partial charge >= 0.3 is 0 Å². The third kappa shape index (κ3) is 3.10. The van der Waals surface area contributed by atoms with E-state index in [1.807, 2.05) is 19.1 Å². The number of aryl methyl sites for hydroxylation is 1. The van der Waals surface area contributed by atoms with Crippen LogP contribution >= 0.6 is 39.1 Å². The van der Waals surface area contributed by atoms with E-state index >= 15 is 0 Å². The van der Waals surface area contributed by atoms with Gasteiger partial charge in [-0.3, -0.25) is 0 Å². The molecular formula is C14H9BrCl2N4. The average Bonchev–Trinajstić information content (AvgIpc) is 2.88. The molecule has 106 valence electrons. The number of hydrogen-bond donors (Lipinski definition) is 1. The fourth-order valence-electron chi connectivity index (χ4n) is 1.89. The van der Waals surface area contributed by atoms with Gasteiger partial charge in [-0.2, -0.15) is 0 Å². The van der Waals surface area contributed by atoms with E-state index < -0.39 is 0 Å². The molecule has 3 aromatic rings. The highest BCUT2D eigenvalue weighted by atomic mass is 79.9. The van der Waals surface area contributed by atoms with Crippen molar-refractivity contribution < 1.29 is 0 Å². The lowest BCUT2D eigenvalue weighted by Crippen LogP contribution is -1.96. The molecule has 0 amide bonds. The van der Waals surface area contributed by atoms with Crippen LogP contribution in [0.25, 0.3) is 22.9 Å². The molecule has 0 saturated carbocycles. The largest absolute Gasteiger partial charge is 0.341 e. The second-order valence-electron chi connectivity index (χ2n) is 4.42. The quantitative estimate of drug-likeness (QED) is 0.683. The number of aromatic amines is 1. The number of nitrogens with one attached hydrogen (secondary N) is 1. The van der Waals surface area contributed by atoms with E-state index in [0.29, 0.717) is 26.3 Å². The molecule has 4 nitrogen and oxygen atoms in total. The van der Waals surface area contributed by atoms with Crippen LogP contribution in [-0.2, 0) is 0 Å². The standard InChI is InChI=1S/C14H9BrCl2N4/c1-7-4-11(8-2-3-9(16)10(17)5-8)20-14(19-7)13-18-6-12(15)21-13/h2-6H,1H3,(H,18,21). The smallest absolute Gasteiger partial charge is 0.196 e. The fourth-order valence-corrected chi connectivity index (χ4v) is 2.48. The average molecular weight is 384 g/mol. The third-order valence-corrected chi connectivity index (χ3v) is 3.97. The molecule has 0 bridgehead atoms. The van der Waals surface area contributed by atoms with Crippen molar-refractivity contribution in [2.24, 2.45) is 0 Å². The van der Waals surface area contributed by atoms with Gasteiger partial charge in [-0.05, 0) is 41.1 Å². The summed E-state index contributed by atoms with van der Waals surface area (Å²) in [6.45, 7) is 1.91. The van der Waals surface area contributed by atoms with Gasteiger partial charge in [0.25, 0.3) is 0 Å². The van der Waals surface area contributed by atoms with Gasteiger partial charge in [-0.25, -0.2) is 15.0 Å². The van der Waals surface area contributed by atoms with Crippen LogP contribution in [0.2, 0.25) is 10.0 Å². The van der Waals surface area contributed by atoms with E-state index in [2.05, 4.69) is 35.9 Å². The molecule has 0 saturated heterocycles. The van der Waals surface area contributed by atoms with Gasteiger partial charge < -0.3 is 4.98 Å². The molecule has 0 spiro atoms. The Morgan fingerprint density at radius 3 is 2.52 bits per heavy atom. The predicted octanol–water partition coefficient (Wildman–Crippen LogP) is 4.91. The Bertz CT molecular complexity index is 816. The minimum atomic E-state index is 0.493. The Hall–Kier alpha value is -1.43. The summed E-state index contributed by atoms with van der Waals surface area (Å²) in [6.07, 6.45) is 1.74. The first kappa shape index (κ1) is 14.5. The highest BCUT2D eigenvalue weighted by molar-refractivity contribution is 9.10. The van der Waals surface area contributed by atoms with Crippen LogP contribution in [0.4, 0.5) is 0 Å². The van der Waals surface area contributed by atoms with Crippen molar-refractivity contribution in [3.63, 3.8) is 0 Å². The summed E-state index contributed by atoms with van der Waals surface area (Å²) >= 11 is 15.3. The predicted molar refractivity (Wildman–Crippen MR) is 87.5 cm³/mol. The lowest BCUT2D eigenvalue weighted by atomic mass is 10.1. The Labute approximate surface area is 139 Å². The Morgan fingerprint density at radius 2 is 1.86 bits per heavy atom. The first-order valence-electron chi connectivity index (χ1n) is 6.05. The minimum absolute atomic E-state index is 0.493. The first-order chi connectivity index (χ1) is 10.0. The van der Waals surface area contributed by atoms with Gasteiger partial charge in [0.15, 0.2) is 11.6 Å². The molecule has 2 heterocycles. The molecule has 21 heavy (non-hydrogen) atoms. The number of halogens is 3. The Kier molecular flexibility index (Phi) is 3.97. The Balaban J connectivity index is 2.11. The van der Waals surface area contributed by atoms with Crippen molar-refractivity contribution in [1.82, 2.24) is 19.9 Å². The van der Waals surface area contributed by atoms with E-state index in [-0.39, 0.29) is 0 Å². The first-order valence-corrected chi connectivity index (χ1v) is 7.60. The van der Waals surface area contributed by atoms with Crippen LogP contribution in [0.3, 0.4) is 0 Å². The van der Waals surface area contributed by atoms with E-state index in [0.717, 1.165) is 17.0 Å². The summed E-state index contributed by atoms with van der Waals surface area (Å²) < 4.78 is 0.707. The van der Waals surface area contributed by atoms with Gasteiger partial charge in [0.2, 0.25) is 0 Å². The maximum atomic E-state index is 6.06. The summed E-state index contributed by atoms with van der Waals surface area (Å²) in [6, 6.07) is 7.30. The van der Waals surface area contributed by atoms with E-state index in [1.54, 1.807) is 18.3 Å². The molecule has 7 heteroatoms. The molecule has 3 rings (SSSR count). The number of nitrogens with zero attached hydrogens (tertiary/aromatic N) is 3. The van der Waals surface area contributed by atoms with Crippen LogP contribution in [0.15, 0.2) is 35.1 Å². The monoisotopic (exact) mass is 382 g/mol. The maximum Gasteiger partial charge on any atom is 0.196 e. The molecular weight excluding hydrogens is 375 g/mol. The number of benzene rings is 1. The molecule has 1 N–H and O–H groups in total. The minimum Gasteiger partial charge on any atom is -0.341 e. The summed E-state index contributed by atoms with van der Waals surface area (Å²) in [5.74, 6) is 1.13. The second-order valence-corrected chi connectivity index (χ2v) is 6.05. The lowest BCUT2D eigenvalue weighted by Gasteiger charge is -2.06. The SMILES string of the molecule is Cc1cc(-c2ccc(Cl)c(Cl)c2)nc(-c2nc(Br)c[nH]2)n1. The van der Waals surface area contributed by atoms with Gasteiger partial charge in [-0.15, -0.1) is 0 Å². The van der Waals surface area contributed by atoms with Crippen LogP contribution in [-0.4, -0.2) is 19.9 Å². The van der Waals surface area contributed by atoms with Crippen molar-refractivity contribution in [1.29, 1.82) is 0 Å². The van der Waals surface area contributed by atoms with Gasteiger partial charge in [0.1, 0.15) is 4.60 Å². The number of aromatic nitrogens is 4. The van der Waals surface area contributed by atoms with Crippen LogP contribution in [0, 0.1) is 6.92 Å². The van der Waals surface area contributed by atoms with Crippen molar-refractivity contribution in [2.75, 3.05) is 0 Å². The molecule has 0 fully saturated rings. The molecule has 0 aliphatic heterocycles. The molecule has 0 aliphatic carbocycles. The molecule has 0 atom stereocenters. The zero-order valence-corrected chi connectivity index (χ0v) is 14.0. The van der Waals surface area contributed by atoms with Crippen LogP contribution in [0.5, 0.6) is 0 Å². The topological polar surface area (TPSA) is 54.5 Å². The van der Waals surface area contributed by atoms with Crippen LogP contribution in [0.1, 0.15) is 5.69 Å². The molecule has 1 aromatic carbocycles. The fraction of sp³-hybridized carbons (Fsp3) is 0.0714. The van der Waals surface area contributed by atoms with Gasteiger partial charge in [-0.1, -0.05) is 29.3 Å². The van der Waals surface area contributed by atoms with E-state index in [4.69, 9.17) is 23.2 Å². The number of imidazole rings is 1. The summed E-state index contributed by atoms with van der Waals surface area (Å²) in [5.41, 5.74) is 2.49. The molecule has 2 aromatic heterocycles. The summed E-state index contributed by atoms with van der Waals surface area (Å²) in [7, 11) is 0. The number of rotatable bonds is 2. The lowest BCUT2D eigenvalue weighted by molar-refractivity contribution is 1.08. The highest BCUT2D eigenvalue weighted by Gasteiger charge is 2.10. The third-order valence-electron chi connectivity index (χ3n) is 2.83. The zero-order chi connectivity index (χ0) is 15.0. The molecule has 0 radical (unpaired) electrons. The van der Waals surface area contributed by atoms with E-state index in [9.17, 15) is 0 Å². The normalized spacial score (nSPS) is 10.9. The number of H-pyrrole nitrogens is 1. The van der Waals surface area contributed by atoms with Crippen molar-refractivity contribution in [2.45, 2.75) is 6.92 Å². The highest BCUT2D eigenvalue weighted by Crippen LogP contribution is 2.28. The second kappa shape index (κ2) is 5.75. The summed E-state index contributed by atoms with van der Waals surface area (Å²) in [5, 5.41) is 1.01.